The molecular formula is C15H14O4. The Morgan fingerprint density at radius 2 is 1.63 bits per heavy atom. The summed E-state index contributed by atoms with van der Waals surface area (Å²) in [6.07, 6.45) is 0. The van der Waals surface area contributed by atoms with Crippen molar-refractivity contribution >= 4 is 5.97 Å². The first-order valence-corrected chi connectivity index (χ1v) is 5.73. The summed E-state index contributed by atoms with van der Waals surface area (Å²) in [5, 5.41) is 17.3. The third-order valence-corrected chi connectivity index (χ3v) is 2.07. The maximum atomic E-state index is 11.7. The molecule has 0 amide bonds. The molecule has 0 unspecified atom stereocenters. The van der Waals surface area contributed by atoms with Gasteiger partial charge in [0.25, 0.3) is 0 Å². The zero-order chi connectivity index (χ0) is 14.1. The van der Waals surface area contributed by atoms with Crippen LogP contribution in [0.3, 0.4) is 0 Å². The van der Waals surface area contributed by atoms with Crippen LogP contribution in [0.1, 0.15) is 28.4 Å². The number of benzene rings is 1. The number of aliphatic hydroxyl groups excluding tert-OH is 2. The van der Waals surface area contributed by atoms with Gasteiger partial charge in [0.1, 0.15) is 13.2 Å². The number of aliphatic hydroxyl groups is 2. The third-order valence-electron chi connectivity index (χ3n) is 2.07. The highest BCUT2D eigenvalue weighted by molar-refractivity contribution is 5.90. The van der Waals surface area contributed by atoms with Crippen molar-refractivity contribution in [3.63, 3.8) is 0 Å². The van der Waals surface area contributed by atoms with Crippen LogP contribution in [-0.4, -0.2) is 36.0 Å². The topological polar surface area (TPSA) is 66.8 Å². The van der Waals surface area contributed by atoms with Crippen LogP contribution < -0.4 is 0 Å². The molecular weight excluding hydrogens is 244 g/mol. The Balaban J connectivity index is 3.19. The second kappa shape index (κ2) is 7.94. The summed E-state index contributed by atoms with van der Waals surface area (Å²) in [5.74, 6) is 9.97. The van der Waals surface area contributed by atoms with Crippen molar-refractivity contribution in [3.8, 4) is 23.7 Å². The van der Waals surface area contributed by atoms with E-state index in [1.165, 1.54) is 0 Å². The normalized spacial score (nSPS) is 8.79. The van der Waals surface area contributed by atoms with Gasteiger partial charge in [0.2, 0.25) is 0 Å². The fraction of sp³-hybridized carbons (Fsp3) is 0.267. The zero-order valence-electron chi connectivity index (χ0n) is 10.6. The predicted octanol–water partition coefficient (Wildman–Crippen LogP) is 0.551. The summed E-state index contributed by atoms with van der Waals surface area (Å²) in [6, 6.07) is 4.82. The number of ether oxygens (including phenoxy) is 1. The van der Waals surface area contributed by atoms with E-state index in [1.807, 2.05) is 0 Å². The lowest BCUT2D eigenvalue weighted by molar-refractivity contribution is 0.0526. The Labute approximate surface area is 112 Å². The summed E-state index contributed by atoms with van der Waals surface area (Å²) in [6.45, 7) is 1.48. The van der Waals surface area contributed by atoms with Crippen LogP contribution >= 0.6 is 0 Å². The predicted molar refractivity (Wildman–Crippen MR) is 70.3 cm³/mol. The number of hydrogen-bond acceptors (Lipinski definition) is 4. The fourth-order valence-electron chi connectivity index (χ4n) is 1.39. The minimum Gasteiger partial charge on any atom is -0.462 e. The van der Waals surface area contributed by atoms with E-state index in [-0.39, 0.29) is 19.8 Å². The number of hydrogen-bond donors (Lipinski definition) is 2. The van der Waals surface area contributed by atoms with Gasteiger partial charge in [-0.2, -0.15) is 0 Å². The molecule has 4 heteroatoms. The van der Waals surface area contributed by atoms with Crippen LogP contribution in [0.2, 0.25) is 0 Å². The highest BCUT2D eigenvalue weighted by Gasteiger charge is 2.08. The van der Waals surface area contributed by atoms with Crippen LogP contribution in [-0.2, 0) is 4.74 Å². The van der Waals surface area contributed by atoms with Gasteiger partial charge in [0.05, 0.1) is 12.2 Å². The molecule has 0 spiro atoms. The molecule has 2 N–H and O–H groups in total. The molecule has 0 aromatic heterocycles. The lowest BCUT2D eigenvalue weighted by Gasteiger charge is -2.03. The van der Waals surface area contributed by atoms with E-state index in [0.717, 1.165) is 0 Å². The molecule has 0 aliphatic rings. The number of carbonyl (C=O) groups excluding carboxylic acids is 1. The molecule has 0 bridgehead atoms. The number of esters is 1. The summed E-state index contributed by atoms with van der Waals surface area (Å²) >= 11 is 0. The van der Waals surface area contributed by atoms with Crippen molar-refractivity contribution in [1.29, 1.82) is 0 Å². The van der Waals surface area contributed by atoms with Gasteiger partial charge in [0.15, 0.2) is 0 Å². The molecule has 0 fully saturated rings. The standard InChI is InChI=1S/C15H14O4/c1-2-19-15(18)14-10-12(5-3-7-16)9-13(11-14)6-4-8-17/h9-11,16-17H,2,7-8H2,1H3. The zero-order valence-corrected chi connectivity index (χ0v) is 10.6. The molecule has 0 aliphatic heterocycles. The quantitative estimate of drug-likeness (QED) is 0.600. The van der Waals surface area contributed by atoms with Crippen molar-refractivity contribution in [2.24, 2.45) is 0 Å². The molecule has 1 aromatic carbocycles. The average molecular weight is 258 g/mol. The molecule has 0 saturated heterocycles. The maximum absolute atomic E-state index is 11.7. The van der Waals surface area contributed by atoms with Crippen molar-refractivity contribution in [2.75, 3.05) is 19.8 Å². The van der Waals surface area contributed by atoms with Crippen molar-refractivity contribution in [3.05, 3.63) is 34.9 Å². The Bertz CT molecular complexity index is 527. The Morgan fingerprint density at radius 3 is 2.05 bits per heavy atom. The van der Waals surface area contributed by atoms with Crippen molar-refractivity contribution < 1.29 is 19.7 Å². The first-order valence-electron chi connectivity index (χ1n) is 5.73. The lowest BCUT2D eigenvalue weighted by atomic mass is 10.1. The van der Waals surface area contributed by atoms with Crippen molar-refractivity contribution in [2.45, 2.75) is 6.92 Å². The van der Waals surface area contributed by atoms with Gasteiger partial charge in [-0.05, 0) is 25.1 Å². The molecule has 0 atom stereocenters. The monoisotopic (exact) mass is 258 g/mol. The Kier molecular flexibility index (Phi) is 6.18. The van der Waals surface area contributed by atoms with E-state index in [1.54, 1.807) is 25.1 Å². The van der Waals surface area contributed by atoms with Gasteiger partial charge >= 0.3 is 5.97 Å². The van der Waals surface area contributed by atoms with Gasteiger partial charge < -0.3 is 14.9 Å². The van der Waals surface area contributed by atoms with Gasteiger partial charge in [-0.15, -0.1) is 0 Å². The van der Waals surface area contributed by atoms with Gasteiger partial charge in [-0.3, -0.25) is 0 Å². The first kappa shape index (κ1) is 14.8. The molecule has 4 nitrogen and oxygen atoms in total. The molecule has 0 heterocycles. The average Bonchev–Trinajstić information content (AvgIpc) is 2.43. The van der Waals surface area contributed by atoms with E-state index >= 15 is 0 Å². The lowest BCUT2D eigenvalue weighted by Crippen LogP contribution is -2.05. The van der Waals surface area contributed by atoms with E-state index in [0.29, 0.717) is 16.7 Å². The minimum absolute atomic E-state index is 0.263. The van der Waals surface area contributed by atoms with E-state index in [2.05, 4.69) is 23.7 Å². The SMILES string of the molecule is CCOC(=O)c1cc(C#CCO)cc(C#CCO)c1. The van der Waals surface area contributed by atoms with Gasteiger partial charge in [-0.25, -0.2) is 4.79 Å². The fourth-order valence-corrected chi connectivity index (χ4v) is 1.39. The first-order chi connectivity index (χ1) is 9.21. The molecule has 1 rings (SSSR count). The van der Waals surface area contributed by atoms with Gasteiger partial charge in [0, 0.05) is 11.1 Å². The summed E-state index contributed by atoms with van der Waals surface area (Å²) in [5.41, 5.74) is 1.46. The van der Waals surface area contributed by atoms with Crippen LogP contribution in [0.25, 0.3) is 0 Å². The summed E-state index contributed by atoms with van der Waals surface area (Å²) in [4.78, 5) is 11.7. The maximum Gasteiger partial charge on any atom is 0.338 e. The number of carbonyl (C=O) groups is 1. The summed E-state index contributed by atoms with van der Waals surface area (Å²) < 4.78 is 4.91. The second-order valence-electron chi connectivity index (χ2n) is 3.44. The van der Waals surface area contributed by atoms with Gasteiger partial charge in [-0.1, -0.05) is 23.7 Å². The van der Waals surface area contributed by atoms with Crippen molar-refractivity contribution in [1.82, 2.24) is 0 Å². The molecule has 1 aromatic rings. The minimum atomic E-state index is -0.456. The van der Waals surface area contributed by atoms with Crippen LogP contribution in [0.15, 0.2) is 18.2 Å². The molecule has 0 saturated carbocycles. The smallest absolute Gasteiger partial charge is 0.338 e. The molecule has 98 valence electrons. The third kappa shape index (κ3) is 4.85. The number of rotatable bonds is 2. The van der Waals surface area contributed by atoms with E-state index < -0.39 is 5.97 Å². The van der Waals surface area contributed by atoms with Crippen LogP contribution in [0.5, 0.6) is 0 Å². The van der Waals surface area contributed by atoms with E-state index in [4.69, 9.17) is 14.9 Å². The molecule has 19 heavy (non-hydrogen) atoms. The molecule has 0 radical (unpaired) electrons. The van der Waals surface area contributed by atoms with E-state index in [9.17, 15) is 4.79 Å². The largest absolute Gasteiger partial charge is 0.462 e. The highest BCUT2D eigenvalue weighted by atomic mass is 16.5. The Morgan fingerprint density at radius 1 is 1.11 bits per heavy atom. The Hall–Kier alpha value is -2.27. The van der Waals surface area contributed by atoms with Crippen LogP contribution in [0, 0.1) is 23.7 Å². The molecule has 0 aliphatic carbocycles. The highest BCUT2D eigenvalue weighted by Crippen LogP contribution is 2.10. The second-order valence-corrected chi connectivity index (χ2v) is 3.44. The summed E-state index contributed by atoms with van der Waals surface area (Å²) in [7, 11) is 0. The van der Waals surface area contributed by atoms with Crippen LogP contribution in [0.4, 0.5) is 0 Å².